The van der Waals surface area contributed by atoms with E-state index in [1.807, 2.05) is 19.9 Å². The number of methoxy groups -OCH3 is 5. The number of hydroxylamine groups is 1. The Bertz CT molecular complexity index is 2810. The lowest BCUT2D eigenvalue weighted by molar-refractivity contribution is -0.325. The number of primary amides is 1. The number of rotatable bonds is 25. The van der Waals surface area contributed by atoms with Crippen molar-refractivity contribution >= 4 is 89.5 Å². The van der Waals surface area contributed by atoms with Crippen molar-refractivity contribution in [3.8, 4) is 40.9 Å². The highest BCUT2D eigenvalue weighted by Gasteiger charge is 2.51. The summed E-state index contributed by atoms with van der Waals surface area (Å²) in [5.74, 6) is 11.3. The van der Waals surface area contributed by atoms with Crippen LogP contribution in [0.5, 0.6) is 17.2 Å². The van der Waals surface area contributed by atoms with E-state index in [4.69, 9.17) is 62.7 Å². The van der Waals surface area contributed by atoms with Crippen molar-refractivity contribution in [1.82, 2.24) is 15.7 Å². The molecule has 1 aromatic rings. The third-order valence-electron chi connectivity index (χ3n) is 15.4. The van der Waals surface area contributed by atoms with Gasteiger partial charge in [-0.15, -0.1) is 11.8 Å². The Balaban J connectivity index is 1.10. The summed E-state index contributed by atoms with van der Waals surface area (Å²) in [6, 6.07) is 0.336. The molecule has 3 aliphatic heterocycles. The van der Waals surface area contributed by atoms with E-state index >= 15 is 0 Å². The average Bonchev–Trinajstić information content (AvgIpc) is 0.906. The minimum absolute atomic E-state index is 0.000500. The number of carbonyl (C=O) groups is 4. The number of thioether (sulfide) groups is 1. The first-order chi connectivity index (χ1) is 41.6. The number of benzene rings is 1. The molecule has 18 atom stereocenters. The summed E-state index contributed by atoms with van der Waals surface area (Å²) >= 11 is 3.56. The summed E-state index contributed by atoms with van der Waals surface area (Å²) in [4.78, 5) is 58.9. The molecule has 30 heteroatoms. The van der Waals surface area contributed by atoms with Gasteiger partial charge in [0, 0.05) is 68.7 Å². The molecule has 3 aliphatic carbocycles. The van der Waals surface area contributed by atoms with Crippen LogP contribution >= 0.6 is 65.8 Å². The number of Topliss-reactive ketones (excluding diaryl/α,β-unsaturated/α-hetero) is 1. The van der Waals surface area contributed by atoms with Crippen molar-refractivity contribution in [3.63, 3.8) is 0 Å². The van der Waals surface area contributed by atoms with E-state index < -0.39 is 127 Å². The number of nitrogens with two attached hydrogens (primary N) is 1. The molecule has 0 spiro atoms. The van der Waals surface area contributed by atoms with Gasteiger partial charge in [0.2, 0.25) is 17.6 Å². The molecular weight excluding hydrogens is 1330 g/mol. The average molecular weight is 1410 g/mol. The molecule has 0 radical (unpaired) electrons. The van der Waals surface area contributed by atoms with Crippen molar-refractivity contribution in [2.45, 2.75) is 162 Å². The van der Waals surface area contributed by atoms with Gasteiger partial charge < -0.3 is 88.3 Å². The molecule has 0 aromatic heterocycles. The van der Waals surface area contributed by atoms with Gasteiger partial charge in [-0.25, -0.2) is 4.79 Å². The Morgan fingerprint density at radius 3 is 2.32 bits per heavy atom. The summed E-state index contributed by atoms with van der Waals surface area (Å²) in [6.45, 7) is 7.02. The van der Waals surface area contributed by atoms with Crippen LogP contribution in [0.25, 0.3) is 0 Å². The van der Waals surface area contributed by atoms with Crippen LogP contribution in [0, 0.1) is 33.2 Å². The zero-order chi connectivity index (χ0) is 63.3. The lowest BCUT2D eigenvalue weighted by atomic mass is 9.75. The summed E-state index contributed by atoms with van der Waals surface area (Å²) in [7, 11) is 10.8. The van der Waals surface area contributed by atoms with Crippen molar-refractivity contribution in [2.75, 3.05) is 66.8 Å². The number of aliphatic hydroxyl groups is 5. The molecule has 4 fully saturated rings. The van der Waals surface area contributed by atoms with Gasteiger partial charge in [-0.3, -0.25) is 24.5 Å². The number of fused-ring (bicyclic) bond motifs is 2. The molecule has 7 rings (SSSR count). The number of halogens is 1. The minimum atomic E-state index is -2.13. The quantitative estimate of drug-likeness (QED) is 0.0229. The molecule has 2 bridgehead atoms. The van der Waals surface area contributed by atoms with Crippen LogP contribution in [0.3, 0.4) is 0 Å². The van der Waals surface area contributed by atoms with Crippen LogP contribution < -0.4 is 30.7 Å². The zero-order valence-electron chi connectivity index (χ0n) is 49.5. The Hall–Kier alpha value is -3.59. The molecule has 6 aliphatic rings. The number of hydrogen-bond acceptors (Lipinski definition) is 26. The molecule has 16 unspecified atom stereocenters. The lowest BCUT2D eigenvalue weighted by Gasteiger charge is -2.45. The van der Waals surface area contributed by atoms with E-state index in [-0.39, 0.29) is 66.2 Å². The second-order valence-electron chi connectivity index (χ2n) is 21.1. The normalized spacial score (nSPS) is 34.1. The number of carbonyl (C=O) groups excluding carboxylic acids is 4. The highest BCUT2D eigenvalue weighted by molar-refractivity contribution is 14.1. The van der Waals surface area contributed by atoms with Crippen LogP contribution in [-0.4, -0.2) is 224 Å². The maximum atomic E-state index is 14.1. The largest absolute Gasteiger partial charge is 0.492 e. The third kappa shape index (κ3) is 17.5. The lowest BCUT2D eigenvalue weighted by Crippen LogP contribution is -2.62. The van der Waals surface area contributed by atoms with Gasteiger partial charge in [0.1, 0.15) is 36.6 Å². The predicted octanol–water partition coefficient (Wildman–Crippen LogP) is 2.64. The van der Waals surface area contributed by atoms with Crippen LogP contribution in [0.15, 0.2) is 41.1 Å². The van der Waals surface area contributed by atoms with E-state index in [2.05, 4.69) is 57.1 Å². The van der Waals surface area contributed by atoms with Crippen LogP contribution in [0.1, 0.15) is 58.9 Å². The van der Waals surface area contributed by atoms with Crippen LogP contribution in [0.4, 0.5) is 4.79 Å². The minimum Gasteiger partial charge on any atom is -0.492 e. The summed E-state index contributed by atoms with van der Waals surface area (Å²) in [5.41, 5.74) is 6.47. The monoisotopic (exact) mass is 1410 g/mol. The van der Waals surface area contributed by atoms with Gasteiger partial charge in [0.05, 0.1) is 97.7 Å². The Morgan fingerprint density at radius 2 is 1.66 bits per heavy atom. The maximum Gasteiger partial charge on any atom is 0.411 e. The summed E-state index contributed by atoms with van der Waals surface area (Å²) < 4.78 is 67.3. The Labute approximate surface area is 535 Å². The maximum absolute atomic E-state index is 14.1. The van der Waals surface area contributed by atoms with E-state index in [0.717, 1.165) is 12.7 Å². The van der Waals surface area contributed by atoms with E-state index in [0.29, 0.717) is 39.5 Å². The second-order valence-corrected chi connectivity index (χ2v) is 27.7. The first-order valence-electron chi connectivity index (χ1n) is 27.9. The highest BCUT2D eigenvalue weighted by atomic mass is 127. The van der Waals surface area contributed by atoms with Crippen molar-refractivity contribution < 1.29 is 102 Å². The van der Waals surface area contributed by atoms with Gasteiger partial charge >= 0.3 is 6.09 Å². The number of nitrogens with one attached hydrogen (secondary N) is 2. The topological polar surface area (TPSA) is 334 Å². The summed E-state index contributed by atoms with van der Waals surface area (Å²) in [6.07, 6.45) is -10.6. The number of amides is 3. The van der Waals surface area contributed by atoms with Crippen molar-refractivity contribution in [3.05, 3.63) is 50.3 Å². The van der Waals surface area contributed by atoms with Crippen LogP contribution in [-0.2, 0) is 62.9 Å². The van der Waals surface area contributed by atoms with Gasteiger partial charge in [-0.2, -0.15) is 5.48 Å². The molecule has 9 N–H and O–H groups in total. The first-order valence-corrected chi connectivity index (χ1v) is 33.9. The third-order valence-corrected chi connectivity index (χ3v) is 21.7. The number of likely N-dealkylation sites (N-methyl/N-ethyl adjacent to an activating group) is 1. The van der Waals surface area contributed by atoms with E-state index in [1.54, 1.807) is 17.9 Å². The molecule has 87 heavy (non-hydrogen) atoms. The Kier molecular flexibility index (Phi) is 27.0. The number of aliphatic hydroxyl groups excluding tert-OH is 4. The number of allylic oxidation sites excluding steroid dienone is 3. The summed E-state index contributed by atoms with van der Waals surface area (Å²) in [5, 5.41) is 60.2. The highest BCUT2D eigenvalue weighted by Crippen LogP contribution is 2.48. The fraction of sp³-hybridized carbons (Fsp3) is 0.649. The number of hydrogen-bond donors (Lipinski definition) is 8. The fourth-order valence-corrected chi connectivity index (χ4v) is 16.2. The standard InChI is InChI=1S/C57H77IN4O21S4/c1-10-62(30(4)63)35-25-77-42(22-39(35)72-5)82-52-47(68)34(24-78-55(52)81-38-15-13-11-12-14-17-57(71)23-37(65)45(60-56(70)76-9)44(38)32(57)16-18-85-87-86-27-41(59)66)61-83-43-21-36(64)54(29(3)79-43)84-26-31-20-33(58)50(53(75-8)49(31)73-6)80-40-19-28(2)46(67)51(74-7)48(40)69/h11-12,16,20,28-29,34-36,38-40,42-43,46-48,51-52,54-55,61,64,67-69,71H,10,18-19,21-27H2,1-9H3,(H2,59,66)(H,60,70)/b12-11-,32-16+/t28?,29?,34?,35?,36?,38-,39?,40?,42?,43?,46?,47?,48?,51?,52?,54?,55?,57-/m0/s1. The number of nitrogens with zero attached hydrogens (tertiary/aromatic N) is 1. The molecule has 1 saturated carbocycles. The number of alkyl carbamates (subject to hydrolysis) is 1. The molecule has 1 aromatic carbocycles. The zero-order valence-corrected chi connectivity index (χ0v) is 54.9. The van der Waals surface area contributed by atoms with Gasteiger partial charge in [0.25, 0.3) is 0 Å². The fourth-order valence-electron chi connectivity index (χ4n) is 11.1. The Morgan fingerprint density at radius 1 is 0.908 bits per heavy atom. The van der Waals surface area contributed by atoms with Crippen molar-refractivity contribution in [1.29, 1.82) is 0 Å². The molecule has 3 heterocycles. The molecule has 482 valence electrons. The van der Waals surface area contributed by atoms with Gasteiger partial charge in [-0.1, -0.05) is 58.3 Å². The van der Waals surface area contributed by atoms with E-state index in [9.17, 15) is 44.7 Å². The number of ether oxygens (including phenoxy) is 11. The molecular formula is C57H77IN4O21S4. The predicted molar refractivity (Wildman–Crippen MR) is 330 cm³/mol. The van der Waals surface area contributed by atoms with Crippen molar-refractivity contribution in [2.24, 2.45) is 11.7 Å². The first kappa shape index (κ1) is 70.9. The van der Waals surface area contributed by atoms with Crippen LogP contribution in [0.2, 0.25) is 0 Å². The van der Waals surface area contributed by atoms with E-state index in [1.165, 1.54) is 90.7 Å². The van der Waals surface area contributed by atoms with Gasteiger partial charge in [-0.05, 0) is 76.8 Å². The number of ketones is 1. The molecule has 3 amide bonds. The molecule has 3 saturated heterocycles. The SMILES string of the molecule is CCN(C(C)=O)C1COC(OC2C(O[C@H]3C#C/C=C\C#C[C@]4(O)CC(=O)C(NC(=O)OC)=C3/C4=C\CSSSCC(N)=O)OCC(NOC3CC(O)C(SCc4cc(I)c(OC5CC(C)C(O)C(OC)C5O)c(OC)c4OC)C(C)O3)C2O)CC1OC. The van der Waals surface area contributed by atoms with Gasteiger partial charge in [0.15, 0.2) is 41.8 Å². The second kappa shape index (κ2) is 33.1. The molecule has 25 nitrogen and oxygen atoms in total. The smallest absolute Gasteiger partial charge is 0.411 e.